The number of aromatic nitrogens is 4. The Morgan fingerprint density at radius 1 is 1.30 bits per heavy atom. The molecule has 9 heteroatoms. The summed E-state index contributed by atoms with van der Waals surface area (Å²) in [5.74, 6) is -0.669. The van der Waals surface area contributed by atoms with Crippen molar-refractivity contribution in [3.63, 3.8) is 0 Å². The summed E-state index contributed by atoms with van der Waals surface area (Å²) in [6.45, 7) is -0.676. The highest BCUT2D eigenvalue weighted by Crippen LogP contribution is 2.38. The Morgan fingerprint density at radius 3 is 2.70 bits per heavy atom. The number of hydrogen-bond acceptors (Lipinski definition) is 7. The molecule has 1 unspecified atom stereocenters. The van der Waals surface area contributed by atoms with E-state index in [1.165, 1.54) is 17.2 Å². The fourth-order valence-corrected chi connectivity index (χ4v) is 2.39. The molecule has 20 heavy (non-hydrogen) atoms. The van der Waals surface area contributed by atoms with Crippen molar-refractivity contribution in [1.29, 1.82) is 0 Å². The minimum Gasteiger partial charge on any atom is -0.392 e. The van der Waals surface area contributed by atoms with E-state index in [1.54, 1.807) is 0 Å². The van der Waals surface area contributed by atoms with E-state index >= 15 is 0 Å². The maximum absolute atomic E-state index is 14.2. The van der Waals surface area contributed by atoms with Crippen LogP contribution in [-0.4, -0.2) is 53.7 Å². The van der Waals surface area contributed by atoms with E-state index in [4.69, 9.17) is 10.8 Å². The fourth-order valence-electron chi connectivity index (χ4n) is 2.39. The third-order valence-corrected chi connectivity index (χ3v) is 3.43. The summed E-state index contributed by atoms with van der Waals surface area (Å²) in [6.07, 6.45) is -0.453. The van der Waals surface area contributed by atoms with E-state index in [-0.39, 0.29) is 22.6 Å². The standard InChI is InChI=1S/C11H12FN5O3/c12-5-4(1-18)8(19)9(20)7(5)17-3-16-6-10(13)14-2-15-11(6)17/h2-3,7-9,18-20H,1H2,(H2,13,14,15)/t7?,8-,9-/m0/s1. The summed E-state index contributed by atoms with van der Waals surface area (Å²) in [4.78, 5) is 11.7. The zero-order valence-corrected chi connectivity index (χ0v) is 10.2. The normalized spacial score (nSPS) is 26.7. The number of nitrogens with two attached hydrogens (primary N) is 1. The largest absolute Gasteiger partial charge is 0.392 e. The summed E-state index contributed by atoms with van der Waals surface area (Å²) < 4.78 is 15.5. The molecule has 0 fully saturated rings. The van der Waals surface area contributed by atoms with Crippen LogP contribution < -0.4 is 5.73 Å². The van der Waals surface area contributed by atoms with E-state index in [2.05, 4.69) is 15.0 Å². The van der Waals surface area contributed by atoms with Crippen LogP contribution in [0, 0.1) is 0 Å². The number of anilines is 1. The molecule has 0 amide bonds. The molecule has 0 spiro atoms. The molecule has 3 atom stereocenters. The lowest BCUT2D eigenvalue weighted by molar-refractivity contribution is 0.0262. The van der Waals surface area contributed by atoms with Crippen LogP contribution in [-0.2, 0) is 0 Å². The Labute approximate surface area is 112 Å². The Morgan fingerprint density at radius 2 is 2.05 bits per heavy atom. The van der Waals surface area contributed by atoms with Crippen LogP contribution >= 0.6 is 0 Å². The lowest BCUT2D eigenvalue weighted by Gasteiger charge is -2.18. The fraction of sp³-hybridized carbons (Fsp3) is 0.364. The molecule has 0 aromatic carbocycles. The predicted molar refractivity (Wildman–Crippen MR) is 66.0 cm³/mol. The Bertz CT molecular complexity index is 700. The molecule has 1 aliphatic rings. The van der Waals surface area contributed by atoms with Crippen molar-refractivity contribution in [2.24, 2.45) is 0 Å². The van der Waals surface area contributed by atoms with Crippen LogP contribution in [0.2, 0.25) is 0 Å². The minimum absolute atomic E-state index is 0.133. The number of aliphatic hydroxyl groups is 3. The van der Waals surface area contributed by atoms with Gasteiger partial charge in [0.15, 0.2) is 11.5 Å². The molecule has 3 rings (SSSR count). The van der Waals surface area contributed by atoms with Gasteiger partial charge in [-0.15, -0.1) is 0 Å². The van der Waals surface area contributed by atoms with Gasteiger partial charge in [0.05, 0.1) is 12.9 Å². The van der Waals surface area contributed by atoms with Gasteiger partial charge in [0.25, 0.3) is 0 Å². The molecule has 0 aliphatic heterocycles. The summed E-state index contributed by atoms with van der Waals surface area (Å²) in [7, 11) is 0. The summed E-state index contributed by atoms with van der Waals surface area (Å²) in [5.41, 5.74) is 5.91. The van der Waals surface area contributed by atoms with E-state index in [1.807, 2.05) is 0 Å². The van der Waals surface area contributed by atoms with Gasteiger partial charge in [0.1, 0.15) is 35.9 Å². The molecule has 8 nitrogen and oxygen atoms in total. The molecular weight excluding hydrogens is 269 g/mol. The number of imidazole rings is 1. The number of aliphatic hydroxyl groups excluding tert-OH is 3. The minimum atomic E-state index is -1.47. The van der Waals surface area contributed by atoms with E-state index < -0.39 is 30.7 Å². The zero-order chi connectivity index (χ0) is 14.4. The molecule has 0 saturated heterocycles. The first-order valence-electron chi connectivity index (χ1n) is 5.84. The molecule has 2 heterocycles. The average molecular weight is 281 g/mol. The molecular formula is C11H12FN5O3. The number of nitrogens with zero attached hydrogens (tertiary/aromatic N) is 4. The summed E-state index contributed by atoms with van der Waals surface area (Å²) in [5, 5.41) is 28.7. The van der Waals surface area contributed by atoms with Crippen LogP contribution in [0.1, 0.15) is 6.04 Å². The molecule has 2 aromatic rings. The molecule has 2 aromatic heterocycles. The topological polar surface area (TPSA) is 130 Å². The van der Waals surface area contributed by atoms with Crippen LogP contribution in [0.4, 0.5) is 10.2 Å². The third-order valence-electron chi connectivity index (χ3n) is 3.43. The van der Waals surface area contributed by atoms with Gasteiger partial charge < -0.3 is 25.6 Å². The van der Waals surface area contributed by atoms with Crippen molar-refractivity contribution in [3.05, 3.63) is 24.1 Å². The van der Waals surface area contributed by atoms with Gasteiger partial charge in [0, 0.05) is 5.57 Å². The molecule has 106 valence electrons. The summed E-state index contributed by atoms with van der Waals surface area (Å²) in [6, 6.07) is -1.20. The van der Waals surface area contributed by atoms with Gasteiger partial charge in [0.2, 0.25) is 0 Å². The number of halogens is 1. The maximum atomic E-state index is 14.2. The van der Waals surface area contributed by atoms with Crippen LogP contribution in [0.5, 0.6) is 0 Å². The number of rotatable bonds is 2. The highest BCUT2D eigenvalue weighted by molar-refractivity contribution is 5.81. The first kappa shape index (κ1) is 12.9. The number of nitrogen functional groups attached to an aromatic ring is 1. The van der Waals surface area contributed by atoms with Crippen molar-refractivity contribution >= 4 is 17.0 Å². The SMILES string of the molecule is Nc1ncnc2c1ncn2C1C(F)=C(CO)[C@H](O)[C@H]1O. The number of fused-ring (bicyclic) bond motifs is 1. The van der Waals surface area contributed by atoms with Crippen LogP contribution in [0.3, 0.4) is 0 Å². The lowest BCUT2D eigenvalue weighted by Crippen LogP contribution is -2.30. The van der Waals surface area contributed by atoms with Crippen LogP contribution in [0.25, 0.3) is 11.2 Å². The third kappa shape index (κ3) is 1.60. The maximum Gasteiger partial charge on any atom is 0.166 e. The van der Waals surface area contributed by atoms with Crippen molar-refractivity contribution in [2.45, 2.75) is 18.2 Å². The van der Waals surface area contributed by atoms with E-state index in [9.17, 15) is 14.6 Å². The average Bonchev–Trinajstić information content (AvgIpc) is 2.92. The van der Waals surface area contributed by atoms with Crippen molar-refractivity contribution < 1.29 is 19.7 Å². The zero-order valence-electron chi connectivity index (χ0n) is 10.2. The van der Waals surface area contributed by atoms with Gasteiger partial charge >= 0.3 is 0 Å². The van der Waals surface area contributed by atoms with Gasteiger partial charge in [-0.3, -0.25) is 0 Å². The molecule has 0 bridgehead atoms. The monoisotopic (exact) mass is 281 g/mol. The van der Waals surface area contributed by atoms with Crippen molar-refractivity contribution in [2.75, 3.05) is 12.3 Å². The second kappa shape index (κ2) is 4.47. The molecule has 0 radical (unpaired) electrons. The molecule has 5 N–H and O–H groups in total. The smallest absolute Gasteiger partial charge is 0.166 e. The van der Waals surface area contributed by atoms with E-state index in [0.29, 0.717) is 0 Å². The first-order chi connectivity index (χ1) is 9.56. The predicted octanol–water partition coefficient (Wildman–Crippen LogP) is -1.10. The van der Waals surface area contributed by atoms with E-state index in [0.717, 1.165) is 0 Å². The molecule has 0 saturated carbocycles. The second-order valence-electron chi connectivity index (χ2n) is 4.49. The highest BCUT2D eigenvalue weighted by atomic mass is 19.1. The van der Waals surface area contributed by atoms with Gasteiger partial charge in [-0.25, -0.2) is 19.3 Å². The summed E-state index contributed by atoms with van der Waals surface area (Å²) >= 11 is 0. The highest BCUT2D eigenvalue weighted by Gasteiger charge is 2.43. The number of hydrogen-bond donors (Lipinski definition) is 4. The van der Waals surface area contributed by atoms with Gasteiger partial charge in [-0.05, 0) is 0 Å². The van der Waals surface area contributed by atoms with Gasteiger partial charge in [-0.1, -0.05) is 0 Å². The quantitative estimate of drug-likeness (QED) is 0.549. The van der Waals surface area contributed by atoms with Crippen LogP contribution in [0.15, 0.2) is 24.1 Å². The van der Waals surface area contributed by atoms with Crippen molar-refractivity contribution in [1.82, 2.24) is 19.5 Å². The first-order valence-corrected chi connectivity index (χ1v) is 5.84. The van der Waals surface area contributed by atoms with Gasteiger partial charge in [-0.2, -0.15) is 0 Å². The lowest BCUT2D eigenvalue weighted by atomic mass is 10.1. The van der Waals surface area contributed by atoms with Crippen molar-refractivity contribution in [3.8, 4) is 0 Å². The molecule has 1 aliphatic carbocycles. The Balaban J connectivity index is 2.17. The second-order valence-corrected chi connectivity index (χ2v) is 4.49. The Kier molecular flexibility index (Phi) is 2.89. The Hall–Kier alpha value is -2.10.